The molecule has 0 aromatic heterocycles. The molecule has 3 aromatic carbocycles. The van der Waals surface area contributed by atoms with Crippen LogP contribution in [-0.2, 0) is 4.43 Å². The van der Waals surface area contributed by atoms with E-state index in [9.17, 15) is 0 Å². The van der Waals surface area contributed by atoms with Crippen LogP contribution in [0.25, 0.3) is 0 Å². The molecule has 0 aliphatic heterocycles. The number of hydrogen-bond acceptors (Lipinski definition) is 1. The molecule has 4 heteroatoms. The van der Waals surface area contributed by atoms with E-state index < -0.39 is 13.6 Å². The molecule has 0 aliphatic carbocycles. The van der Waals surface area contributed by atoms with Gasteiger partial charge in [-0.2, -0.15) is 0 Å². The maximum atomic E-state index is 6.34. The summed E-state index contributed by atoms with van der Waals surface area (Å²) in [5.74, 6) is 0. The van der Waals surface area contributed by atoms with E-state index in [1.54, 1.807) is 0 Å². The van der Waals surface area contributed by atoms with Gasteiger partial charge < -0.3 is 0 Å². The molecule has 0 bridgehead atoms. The summed E-state index contributed by atoms with van der Waals surface area (Å²) in [5.41, 5.74) is 0. The van der Waals surface area contributed by atoms with Crippen LogP contribution in [0.3, 0.4) is 0 Å². The molecule has 3 aromatic rings. The summed E-state index contributed by atoms with van der Waals surface area (Å²) in [7, 11) is -1.59. The Morgan fingerprint density at radius 1 is 0.579 bits per heavy atom. The Labute approximate surface area is 242 Å². The van der Waals surface area contributed by atoms with Crippen molar-refractivity contribution in [1.82, 2.24) is 0 Å². The van der Waals surface area contributed by atoms with E-state index >= 15 is 0 Å². The van der Waals surface area contributed by atoms with Gasteiger partial charge in [0.2, 0.25) is 0 Å². The first-order chi connectivity index (χ1) is 18.1. The van der Waals surface area contributed by atoms with Crippen molar-refractivity contribution >= 4 is 45.0 Å². The minimum atomic E-state index is -2.76. The third-order valence-corrected chi connectivity index (χ3v) is 23.2. The molecule has 0 fully saturated rings. The topological polar surface area (TPSA) is 9.23 Å². The van der Waals surface area contributed by atoms with Crippen molar-refractivity contribution < 1.29 is 4.43 Å². The second-order valence-corrected chi connectivity index (χ2v) is 26.2. The van der Waals surface area contributed by atoms with Gasteiger partial charge in [0.1, 0.15) is 0 Å². The average Bonchev–Trinajstić information content (AvgIpc) is 2.92. The molecule has 3 rings (SSSR count). The second kappa shape index (κ2) is 13.9. The van der Waals surface area contributed by atoms with Crippen LogP contribution in [0.1, 0.15) is 72.1 Å². The van der Waals surface area contributed by atoms with Crippen LogP contribution < -0.4 is 15.9 Å². The first-order valence-corrected chi connectivity index (χ1v) is 22.0. The molecular formula is C34H50BrOPSi. The van der Waals surface area contributed by atoms with Crippen molar-refractivity contribution in [2.45, 2.75) is 90.3 Å². The monoisotopic (exact) mass is 612 g/mol. The van der Waals surface area contributed by atoms with Crippen molar-refractivity contribution in [3.63, 3.8) is 0 Å². The van der Waals surface area contributed by atoms with Gasteiger partial charge in [0.25, 0.3) is 0 Å². The van der Waals surface area contributed by atoms with Gasteiger partial charge in [-0.25, -0.2) is 0 Å². The fourth-order valence-electron chi connectivity index (χ4n) is 5.17. The van der Waals surface area contributed by atoms with E-state index in [4.69, 9.17) is 4.43 Å². The second-order valence-electron chi connectivity index (χ2n) is 12.4. The molecule has 0 saturated heterocycles. The molecule has 208 valence electrons. The predicted octanol–water partition coefficient (Wildman–Crippen LogP) is 9.97. The summed E-state index contributed by atoms with van der Waals surface area (Å²) in [5, 5.41) is 1.83. The maximum absolute atomic E-state index is 6.34. The minimum absolute atomic E-state index is 0.308. The predicted molar refractivity (Wildman–Crippen MR) is 179 cm³/mol. The quantitative estimate of drug-likeness (QED) is 0.0942. The van der Waals surface area contributed by atoms with Crippen molar-refractivity contribution in [1.29, 1.82) is 0 Å². The van der Waals surface area contributed by atoms with Crippen LogP contribution in [0.2, 0.25) is 18.1 Å². The Balaban J connectivity index is 1.56. The van der Waals surface area contributed by atoms with E-state index in [1.165, 1.54) is 67.3 Å². The molecule has 0 amide bonds. The van der Waals surface area contributed by atoms with Gasteiger partial charge >= 0.3 is 205 Å². The summed E-state index contributed by atoms with van der Waals surface area (Å²) < 4.78 is 6.34. The first kappa shape index (κ1) is 31.3. The van der Waals surface area contributed by atoms with E-state index in [0.29, 0.717) is 5.04 Å². The van der Waals surface area contributed by atoms with Crippen LogP contribution in [0.4, 0.5) is 0 Å². The van der Waals surface area contributed by atoms with Crippen LogP contribution in [0.5, 0.6) is 0 Å². The fraction of sp³-hybridized carbons (Fsp3) is 0.471. The molecule has 0 N–H and O–H groups in total. The Hall–Kier alpha value is -1.25. The van der Waals surface area contributed by atoms with Crippen LogP contribution in [0, 0.1) is 0 Å². The molecule has 0 radical (unpaired) electrons. The standard InChI is InChI=1S/C34H50BrOPSi/c1-34(2,3)38(4,5)36-29-21-10-8-6-7-9-11-22-30-37(35,31-23-15-12-16-24-31,32-25-17-13-18-26-32)33-27-19-14-20-28-33/h12-20,23-28H,6-11,21-22,29-30H2,1-5H3. The molecule has 0 saturated carbocycles. The third-order valence-electron chi connectivity index (χ3n) is 8.63. The van der Waals surface area contributed by atoms with Crippen molar-refractivity contribution in [3.05, 3.63) is 91.0 Å². The molecule has 0 aliphatic rings. The van der Waals surface area contributed by atoms with E-state index in [2.05, 4.69) is 140 Å². The number of unbranched alkanes of at least 4 members (excludes halogenated alkanes) is 7. The van der Waals surface area contributed by atoms with Gasteiger partial charge in [-0.15, -0.1) is 0 Å². The van der Waals surface area contributed by atoms with Gasteiger partial charge in [0.05, 0.1) is 0 Å². The van der Waals surface area contributed by atoms with Gasteiger partial charge in [-0.05, 0) is 18.1 Å². The summed E-state index contributed by atoms with van der Waals surface area (Å²) in [6, 6.07) is 33.6. The molecule has 0 unspecified atom stereocenters. The Morgan fingerprint density at radius 3 is 1.29 bits per heavy atom. The molecule has 0 spiro atoms. The summed E-state index contributed by atoms with van der Waals surface area (Å²) in [6.07, 6.45) is 11.5. The molecular weight excluding hydrogens is 563 g/mol. The Bertz CT molecular complexity index is 980. The molecule has 0 atom stereocenters. The zero-order valence-electron chi connectivity index (χ0n) is 24.5. The van der Waals surface area contributed by atoms with Crippen LogP contribution in [0.15, 0.2) is 91.0 Å². The normalized spacial score (nSPS) is 13.7. The molecule has 38 heavy (non-hydrogen) atoms. The molecule has 1 nitrogen and oxygen atoms in total. The number of halogens is 1. The van der Waals surface area contributed by atoms with Gasteiger partial charge in [-0.3, -0.25) is 0 Å². The summed E-state index contributed by atoms with van der Waals surface area (Å²) in [4.78, 5) is 0. The van der Waals surface area contributed by atoms with E-state index in [-0.39, 0.29) is 0 Å². The van der Waals surface area contributed by atoms with Crippen LogP contribution in [-0.4, -0.2) is 21.1 Å². The van der Waals surface area contributed by atoms with Crippen LogP contribution >= 0.6 is 20.8 Å². The third kappa shape index (κ3) is 7.48. The number of benzene rings is 3. The Morgan fingerprint density at radius 2 is 0.921 bits per heavy atom. The van der Waals surface area contributed by atoms with E-state index in [1.807, 2.05) is 0 Å². The van der Waals surface area contributed by atoms with Gasteiger partial charge in [0, 0.05) is 0 Å². The van der Waals surface area contributed by atoms with Gasteiger partial charge in [0.15, 0.2) is 0 Å². The number of rotatable bonds is 15. The van der Waals surface area contributed by atoms with Crippen molar-refractivity contribution in [2.75, 3.05) is 12.8 Å². The Kier molecular flexibility index (Phi) is 11.4. The SMILES string of the molecule is CC(C)(C)[Si](C)(C)OCCCCCCCCCCP(Br)(c1ccccc1)(c1ccccc1)c1ccccc1. The number of hydrogen-bond donors (Lipinski definition) is 0. The zero-order valence-corrected chi connectivity index (χ0v) is 27.9. The van der Waals surface area contributed by atoms with E-state index in [0.717, 1.165) is 12.8 Å². The fourth-order valence-corrected chi connectivity index (χ4v) is 14.0. The molecule has 0 heterocycles. The van der Waals surface area contributed by atoms with Gasteiger partial charge in [-0.1, -0.05) is 20.8 Å². The summed E-state index contributed by atoms with van der Waals surface area (Å²) >= 11 is 4.58. The van der Waals surface area contributed by atoms with Crippen molar-refractivity contribution in [3.8, 4) is 0 Å². The zero-order chi connectivity index (χ0) is 27.6. The van der Waals surface area contributed by atoms with Crippen molar-refractivity contribution in [2.24, 2.45) is 0 Å². The summed E-state index contributed by atoms with van der Waals surface area (Å²) in [6.45, 7) is 12.6. The average molecular weight is 614 g/mol. The first-order valence-electron chi connectivity index (χ1n) is 14.6.